The molecule has 2 heterocycles. The summed E-state index contributed by atoms with van der Waals surface area (Å²) in [4.78, 5) is 6.90. The van der Waals surface area contributed by atoms with Crippen LogP contribution in [-0.2, 0) is 4.74 Å². The van der Waals surface area contributed by atoms with Gasteiger partial charge in [0.15, 0.2) is 5.96 Å². The van der Waals surface area contributed by atoms with E-state index >= 15 is 0 Å². The van der Waals surface area contributed by atoms with Gasteiger partial charge in [-0.1, -0.05) is 6.92 Å². The molecule has 2 aliphatic rings. The molecular formula is C17H34N4O. The lowest BCUT2D eigenvalue weighted by molar-refractivity contribution is 0.0243. The van der Waals surface area contributed by atoms with E-state index in [-0.39, 0.29) is 5.60 Å². The number of ether oxygens (including phenoxy) is 1. The molecule has 0 spiro atoms. The molecule has 2 N–H and O–H groups in total. The average Bonchev–Trinajstić information content (AvgIpc) is 2.94. The molecule has 0 aliphatic carbocycles. The minimum absolute atomic E-state index is 0.0262. The summed E-state index contributed by atoms with van der Waals surface area (Å²) in [6, 6.07) is 0. The molecule has 0 bridgehead atoms. The highest BCUT2D eigenvalue weighted by Crippen LogP contribution is 2.23. The van der Waals surface area contributed by atoms with Gasteiger partial charge in [-0.05, 0) is 58.0 Å². The number of likely N-dealkylation sites (tertiary alicyclic amines) is 1. The Morgan fingerprint density at radius 2 is 2.23 bits per heavy atom. The van der Waals surface area contributed by atoms with Gasteiger partial charge in [0, 0.05) is 33.3 Å². The van der Waals surface area contributed by atoms with E-state index in [1.807, 2.05) is 7.05 Å². The highest BCUT2D eigenvalue weighted by Gasteiger charge is 2.29. The van der Waals surface area contributed by atoms with Gasteiger partial charge in [0.1, 0.15) is 0 Å². The van der Waals surface area contributed by atoms with Crippen molar-refractivity contribution in [2.45, 2.75) is 51.6 Å². The van der Waals surface area contributed by atoms with E-state index in [4.69, 9.17) is 4.74 Å². The average molecular weight is 310 g/mol. The zero-order valence-corrected chi connectivity index (χ0v) is 14.7. The fourth-order valence-electron chi connectivity index (χ4n) is 3.47. The van der Waals surface area contributed by atoms with Crippen LogP contribution in [0.4, 0.5) is 0 Å². The molecule has 0 aromatic rings. The number of piperidine rings is 1. The van der Waals surface area contributed by atoms with Gasteiger partial charge in [-0.15, -0.1) is 0 Å². The first-order valence-electron chi connectivity index (χ1n) is 8.92. The van der Waals surface area contributed by atoms with Crippen molar-refractivity contribution in [1.82, 2.24) is 15.5 Å². The Balaban J connectivity index is 1.58. The molecule has 0 amide bonds. The molecule has 0 radical (unpaired) electrons. The molecule has 2 aliphatic heterocycles. The van der Waals surface area contributed by atoms with Crippen molar-refractivity contribution in [3.63, 3.8) is 0 Å². The smallest absolute Gasteiger partial charge is 0.191 e. The summed E-state index contributed by atoms with van der Waals surface area (Å²) in [7, 11) is 1.83. The van der Waals surface area contributed by atoms with Gasteiger partial charge in [-0.2, -0.15) is 0 Å². The van der Waals surface area contributed by atoms with Crippen LogP contribution in [0.15, 0.2) is 4.99 Å². The topological polar surface area (TPSA) is 48.9 Å². The predicted octanol–water partition coefficient (Wildman–Crippen LogP) is 1.84. The summed E-state index contributed by atoms with van der Waals surface area (Å²) in [5, 5.41) is 6.82. The molecular weight excluding hydrogens is 276 g/mol. The fourth-order valence-corrected chi connectivity index (χ4v) is 3.47. The summed E-state index contributed by atoms with van der Waals surface area (Å²) < 4.78 is 5.80. The highest BCUT2D eigenvalue weighted by molar-refractivity contribution is 5.79. The van der Waals surface area contributed by atoms with E-state index in [0.29, 0.717) is 0 Å². The van der Waals surface area contributed by atoms with Crippen molar-refractivity contribution in [3.05, 3.63) is 0 Å². The molecule has 128 valence electrons. The Bertz CT molecular complexity index is 353. The van der Waals surface area contributed by atoms with E-state index in [9.17, 15) is 0 Å². The van der Waals surface area contributed by atoms with Gasteiger partial charge in [-0.25, -0.2) is 0 Å². The molecule has 2 saturated heterocycles. The number of guanidine groups is 1. The number of hydrogen-bond donors (Lipinski definition) is 2. The van der Waals surface area contributed by atoms with Crippen LogP contribution in [0.1, 0.15) is 46.0 Å². The Labute approximate surface area is 135 Å². The standard InChI is InChI=1S/C17H34N4O/c1-15-7-4-10-21(13-15)11-6-9-19-16(18-3)20-14-17(2)8-5-12-22-17/h15H,4-14H2,1-3H3,(H2,18,19,20). The second-order valence-corrected chi connectivity index (χ2v) is 7.16. The molecule has 5 nitrogen and oxygen atoms in total. The lowest BCUT2D eigenvalue weighted by Gasteiger charge is -2.30. The van der Waals surface area contributed by atoms with Crippen molar-refractivity contribution in [1.29, 1.82) is 0 Å². The molecule has 0 aromatic carbocycles. The third-order valence-electron chi connectivity index (χ3n) is 4.84. The zero-order valence-electron chi connectivity index (χ0n) is 14.7. The van der Waals surface area contributed by atoms with E-state index in [1.165, 1.54) is 45.3 Å². The van der Waals surface area contributed by atoms with Gasteiger partial charge in [0.2, 0.25) is 0 Å². The molecule has 5 heteroatoms. The first-order chi connectivity index (χ1) is 10.6. The Morgan fingerprint density at radius 3 is 2.91 bits per heavy atom. The van der Waals surface area contributed by atoms with E-state index < -0.39 is 0 Å². The van der Waals surface area contributed by atoms with Crippen LogP contribution < -0.4 is 10.6 Å². The van der Waals surface area contributed by atoms with E-state index in [1.54, 1.807) is 0 Å². The lowest BCUT2D eigenvalue weighted by atomic mass is 10.0. The molecule has 2 fully saturated rings. The monoisotopic (exact) mass is 310 g/mol. The van der Waals surface area contributed by atoms with Crippen LogP contribution in [-0.4, -0.2) is 62.8 Å². The number of nitrogens with zero attached hydrogens (tertiary/aromatic N) is 2. The van der Waals surface area contributed by atoms with Crippen LogP contribution >= 0.6 is 0 Å². The lowest BCUT2D eigenvalue weighted by Crippen LogP contribution is -2.46. The SMILES string of the molecule is CN=C(NCCCN1CCCC(C)C1)NCC1(C)CCCO1. The van der Waals surface area contributed by atoms with Gasteiger partial charge >= 0.3 is 0 Å². The molecule has 0 aromatic heterocycles. The minimum atomic E-state index is -0.0262. The normalized spacial score (nSPS) is 30.5. The summed E-state index contributed by atoms with van der Waals surface area (Å²) in [6.07, 6.45) is 6.21. The van der Waals surface area contributed by atoms with E-state index in [2.05, 4.69) is 34.4 Å². The van der Waals surface area contributed by atoms with Gasteiger partial charge < -0.3 is 20.3 Å². The molecule has 2 unspecified atom stereocenters. The molecule has 0 saturated carbocycles. The number of aliphatic imine (C=N–C) groups is 1. The van der Waals surface area contributed by atoms with Crippen molar-refractivity contribution in [2.24, 2.45) is 10.9 Å². The first-order valence-corrected chi connectivity index (χ1v) is 8.92. The maximum atomic E-state index is 5.80. The second-order valence-electron chi connectivity index (χ2n) is 7.16. The van der Waals surface area contributed by atoms with Gasteiger partial charge in [0.25, 0.3) is 0 Å². The van der Waals surface area contributed by atoms with Crippen molar-refractivity contribution in [2.75, 3.05) is 46.4 Å². The third kappa shape index (κ3) is 5.76. The van der Waals surface area contributed by atoms with Crippen LogP contribution in [0.5, 0.6) is 0 Å². The van der Waals surface area contributed by atoms with Crippen LogP contribution in [0.25, 0.3) is 0 Å². The maximum Gasteiger partial charge on any atom is 0.191 e. The zero-order chi connectivity index (χ0) is 15.8. The fraction of sp³-hybridized carbons (Fsp3) is 0.941. The highest BCUT2D eigenvalue weighted by atomic mass is 16.5. The number of nitrogens with one attached hydrogen (secondary N) is 2. The predicted molar refractivity (Wildman–Crippen MR) is 92.4 cm³/mol. The summed E-state index contributed by atoms with van der Waals surface area (Å²) >= 11 is 0. The first kappa shape index (κ1) is 17.5. The van der Waals surface area contributed by atoms with Gasteiger partial charge in [0.05, 0.1) is 5.60 Å². The summed E-state index contributed by atoms with van der Waals surface area (Å²) in [5.41, 5.74) is -0.0262. The maximum absolute atomic E-state index is 5.80. The molecule has 22 heavy (non-hydrogen) atoms. The van der Waals surface area contributed by atoms with Gasteiger partial charge in [-0.3, -0.25) is 4.99 Å². The van der Waals surface area contributed by atoms with E-state index in [0.717, 1.165) is 38.0 Å². The minimum Gasteiger partial charge on any atom is -0.373 e. The Hall–Kier alpha value is -0.810. The Morgan fingerprint density at radius 1 is 1.36 bits per heavy atom. The summed E-state index contributed by atoms with van der Waals surface area (Å²) in [6.45, 7) is 11.0. The van der Waals surface area contributed by atoms with Crippen molar-refractivity contribution >= 4 is 5.96 Å². The Kier molecular flexibility index (Phi) is 6.96. The second kappa shape index (κ2) is 8.73. The quantitative estimate of drug-likeness (QED) is 0.446. The van der Waals surface area contributed by atoms with Crippen molar-refractivity contribution < 1.29 is 4.74 Å². The summed E-state index contributed by atoms with van der Waals surface area (Å²) in [5.74, 6) is 1.76. The number of hydrogen-bond acceptors (Lipinski definition) is 3. The van der Waals surface area contributed by atoms with Crippen LogP contribution in [0, 0.1) is 5.92 Å². The largest absolute Gasteiger partial charge is 0.373 e. The number of rotatable bonds is 6. The van der Waals surface area contributed by atoms with Crippen LogP contribution in [0.3, 0.4) is 0 Å². The van der Waals surface area contributed by atoms with Crippen molar-refractivity contribution in [3.8, 4) is 0 Å². The molecule has 2 atom stereocenters. The third-order valence-corrected chi connectivity index (χ3v) is 4.84. The van der Waals surface area contributed by atoms with Crippen LogP contribution in [0.2, 0.25) is 0 Å². The molecule has 2 rings (SSSR count).